The van der Waals surface area contributed by atoms with Gasteiger partial charge >= 0.3 is 6.18 Å². The van der Waals surface area contributed by atoms with E-state index in [1.54, 1.807) is 0 Å². The topological polar surface area (TPSA) is 56.1 Å². The third-order valence-electron chi connectivity index (χ3n) is 5.09. The van der Waals surface area contributed by atoms with Crippen LogP contribution < -0.4 is 5.32 Å². The van der Waals surface area contributed by atoms with Gasteiger partial charge in [0, 0.05) is 12.5 Å². The summed E-state index contributed by atoms with van der Waals surface area (Å²) in [5.74, 6) is -2.57. The molecule has 2 fully saturated rings. The normalized spacial score (nSPS) is 27.4. The van der Waals surface area contributed by atoms with E-state index in [1.807, 2.05) is 0 Å². The minimum Gasteiger partial charge on any atom is -0.356 e. The van der Waals surface area contributed by atoms with Crippen LogP contribution in [0.4, 0.5) is 13.2 Å². The number of nitrogens with zero attached hydrogens (tertiary/aromatic N) is 2. The van der Waals surface area contributed by atoms with Gasteiger partial charge in [0.2, 0.25) is 5.91 Å². The lowest BCUT2D eigenvalue weighted by atomic mass is 9.78. The van der Waals surface area contributed by atoms with Crippen molar-refractivity contribution >= 4 is 5.91 Å². The maximum atomic E-state index is 13.1. The molecule has 2 aliphatic rings. The summed E-state index contributed by atoms with van der Waals surface area (Å²) in [6, 6.07) is 2.11. The van der Waals surface area contributed by atoms with Crippen LogP contribution in [0.25, 0.3) is 0 Å². The number of piperidine rings is 1. The first-order valence-electron chi connectivity index (χ1n) is 8.35. The summed E-state index contributed by atoms with van der Waals surface area (Å²) in [5.41, 5.74) is 0. The molecular weight excluding hydrogens is 307 g/mol. The molecule has 0 aromatic rings. The highest BCUT2D eigenvalue weighted by atomic mass is 19.4. The van der Waals surface area contributed by atoms with E-state index in [-0.39, 0.29) is 6.42 Å². The fourth-order valence-electron chi connectivity index (χ4n) is 3.66. The van der Waals surface area contributed by atoms with Gasteiger partial charge in [0.05, 0.1) is 18.5 Å². The van der Waals surface area contributed by atoms with Crippen LogP contribution in [0.5, 0.6) is 0 Å². The zero-order valence-corrected chi connectivity index (χ0v) is 13.2. The van der Waals surface area contributed by atoms with E-state index >= 15 is 0 Å². The third kappa shape index (κ3) is 5.10. The van der Waals surface area contributed by atoms with E-state index < -0.39 is 23.9 Å². The van der Waals surface area contributed by atoms with Crippen molar-refractivity contribution in [3.63, 3.8) is 0 Å². The molecule has 7 heteroatoms. The molecule has 2 rings (SSSR count). The number of amides is 1. The highest BCUT2D eigenvalue weighted by molar-refractivity contribution is 5.79. The summed E-state index contributed by atoms with van der Waals surface area (Å²) in [6.07, 6.45) is -0.914. The second kappa shape index (κ2) is 8.00. The number of nitriles is 1. The first kappa shape index (κ1) is 18.1. The third-order valence-corrected chi connectivity index (χ3v) is 5.09. The lowest BCUT2D eigenvalue weighted by Gasteiger charge is -2.33. The van der Waals surface area contributed by atoms with E-state index in [9.17, 15) is 18.0 Å². The van der Waals surface area contributed by atoms with E-state index in [1.165, 1.54) is 0 Å². The van der Waals surface area contributed by atoms with Crippen LogP contribution in [-0.2, 0) is 4.79 Å². The standard InChI is InChI=1S/C16H24F3N3O/c17-16(18,19)14-4-2-1-3-13(14)15(23)21-11-12-5-8-22(9-6-12)10-7-20/h12-14H,1-6,8-11H2,(H,21,23). The second-order valence-electron chi connectivity index (χ2n) is 6.66. The van der Waals surface area contributed by atoms with Gasteiger partial charge in [-0.05, 0) is 44.7 Å². The molecule has 2 atom stereocenters. The van der Waals surface area contributed by atoms with Crippen LogP contribution >= 0.6 is 0 Å². The summed E-state index contributed by atoms with van der Waals surface area (Å²) >= 11 is 0. The van der Waals surface area contributed by atoms with Crippen LogP contribution in [-0.4, -0.2) is 43.2 Å². The Morgan fingerprint density at radius 2 is 1.83 bits per heavy atom. The molecule has 1 amide bonds. The van der Waals surface area contributed by atoms with Crippen molar-refractivity contribution in [3.05, 3.63) is 0 Å². The van der Waals surface area contributed by atoms with Crippen molar-refractivity contribution in [1.29, 1.82) is 5.26 Å². The van der Waals surface area contributed by atoms with E-state index in [4.69, 9.17) is 5.26 Å². The van der Waals surface area contributed by atoms with E-state index in [0.717, 1.165) is 25.9 Å². The first-order chi connectivity index (χ1) is 10.9. The summed E-state index contributed by atoms with van der Waals surface area (Å²) in [4.78, 5) is 14.3. The molecule has 130 valence electrons. The Balaban J connectivity index is 1.79. The van der Waals surface area contributed by atoms with E-state index in [0.29, 0.717) is 38.3 Å². The Labute approximate surface area is 135 Å². The van der Waals surface area contributed by atoms with Gasteiger partial charge in [0.25, 0.3) is 0 Å². The average Bonchev–Trinajstić information content (AvgIpc) is 2.53. The van der Waals surface area contributed by atoms with Crippen LogP contribution in [0.15, 0.2) is 0 Å². The zero-order valence-electron chi connectivity index (χ0n) is 13.2. The second-order valence-corrected chi connectivity index (χ2v) is 6.66. The molecular formula is C16H24F3N3O. The Morgan fingerprint density at radius 3 is 2.43 bits per heavy atom. The van der Waals surface area contributed by atoms with E-state index in [2.05, 4.69) is 16.3 Å². The lowest BCUT2D eigenvalue weighted by molar-refractivity contribution is -0.198. The average molecular weight is 331 g/mol. The molecule has 0 spiro atoms. The minimum atomic E-state index is -4.29. The first-order valence-corrected chi connectivity index (χ1v) is 8.35. The highest BCUT2D eigenvalue weighted by Crippen LogP contribution is 2.41. The summed E-state index contributed by atoms with van der Waals surface area (Å²) in [5, 5.41) is 11.4. The van der Waals surface area contributed by atoms with Gasteiger partial charge in [-0.15, -0.1) is 0 Å². The molecule has 0 radical (unpaired) electrons. The minimum absolute atomic E-state index is 0.0636. The molecule has 0 aromatic heterocycles. The van der Waals surface area contributed by atoms with Crippen molar-refractivity contribution < 1.29 is 18.0 Å². The molecule has 1 aliphatic heterocycles. The Bertz CT molecular complexity index is 439. The molecule has 2 unspecified atom stereocenters. The van der Waals surface area contributed by atoms with Crippen molar-refractivity contribution in [2.75, 3.05) is 26.2 Å². The van der Waals surface area contributed by atoms with Crippen LogP contribution in [0.1, 0.15) is 38.5 Å². The fraction of sp³-hybridized carbons (Fsp3) is 0.875. The van der Waals surface area contributed by atoms with Gasteiger partial charge in [0.15, 0.2) is 0 Å². The Kier molecular flexibility index (Phi) is 6.28. The number of nitrogens with one attached hydrogen (secondary N) is 1. The fourth-order valence-corrected chi connectivity index (χ4v) is 3.66. The maximum Gasteiger partial charge on any atom is 0.392 e. The molecule has 1 N–H and O–H groups in total. The zero-order chi connectivity index (χ0) is 16.9. The smallest absolute Gasteiger partial charge is 0.356 e. The number of hydrogen-bond donors (Lipinski definition) is 1. The van der Waals surface area contributed by atoms with Gasteiger partial charge in [-0.25, -0.2) is 0 Å². The van der Waals surface area contributed by atoms with Crippen molar-refractivity contribution in [1.82, 2.24) is 10.2 Å². The highest BCUT2D eigenvalue weighted by Gasteiger charge is 2.48. The van der Waals surface area contributed by atoms with Gasteiger partial charge in [-0.3, -0.25) is 9.69 Å². The molecule has 4 nitrogen and oxygen atoms in total. The van der Waals surface area contributed by atoms with Crippen LogP contribution in [0.3, 0.4) is 0 Å². The van der Waals surface area contributed by atoms with Gasteiger partial charge < -0.3 is 5.32 Å². The number of alkyl halides is 3. The summed E-state index contributed by atoms with van der Waals surface area (Å²) < 4.78 is 39.2. The molecule has 1 heterocycles. The SMILES string of the molecule is N#CCN1CCC(CNC(=O)C2CCCCC2C(F)(F)F)CC1. The molecule has 0 aromatic carbocycles. The number of hydrogen-bond acceptors (Lipinski definition) is 3. The van der Waals surface area contributed by atoms with Gasteiger partial charge in [-0.1, -0.05) is 12.8 Å². The van der Waals surface area contributed by atoms with Crippen molar-refractivity contribution in [2.24, 2.45) is 17.8 Å². The maximum absolute atomic E-state index is 13.1. The lowest BCUT2D eigenvalue weighted by Crippen LogP contribution is -2.45. The number of carbonyl (C=O) groups excluding carboxylic acids is 1. The predicted molar refractivity (Wildman–Crippen MR) is 79.3 cm³/mol. The number of halogens is 3. The quantitative estimate of drug-likeness (QED) is 0.806. The summed E-state index contributed by atoms with van der Waals surface area (Å²) in [6.45, 7) is 2.47. The van der Waals surface area contributed by atoms with Gasteiger partial charge in [-0.2, -0.15) is 18.4 Å². The molecule has 0 bridgehead atoms. The predicted octanol–water partition coefficient (Wildman–Crippen LogP) is 2.71. The Hall–Kier alpha value is -1.29. The molecule has 1 saturated carbocycles. The van der Waals surface area contributed by atoms with Gasteiger partial charge in [0.1, 0.15) is 0 Å². The van der Waals surface area contributed by atoms with Crippen molar-refractivity contribution in [2.45, 2.75) is 44.7 Å². The van der Waals surface area contributed by atoms with Crippen LogP contribution in [0, 0.1) is 29.1 Å². The Morgan fingerprint density at radius 1 is 1.17 bits per heavy atom. The monoisotopic (exact) mass is 331 g/mol. The molecule has 1 aliphatic carbocycles. The molecule has 23 heavy (non-hydrogen) atoms. The summed E-state index contributed by atoms with van der Waals surface area (Å²) in [7, 11) is 0. The number of rotatable bonds is 4. The number of carbonyl (C=O) groups is 1. The largest absolute Gasteiger partial charge is 0.392 e. The van der Waals surface area contributed by atoms with Crippen LogP contribution in [0.2, 0.25) is 0 Å². The number of likely N-dealkylation sites (tertiary alicyclic amines) is 1. The molecule has 1 saturated heterocycles. The van der Waals surface area contributed by atoms with Crippen molar-refractivity contribution in [3.8, 4) is 6.07 Å².